The number of aliphatic hydroxyl groups is 1. The molecule has 21 heavy (non-hydrogen) atoms. The summed E-state index contributed by atoms with van der Waals surface area (Å²) in [6.07, 6.45) is 2.95. The molecule has 112 valence electrons. The smallest absolute Gasteiger partial charge is 0.254 e. The molecule has 4 heteroatoms. The molecule has 0 aromatic heterocycles. The average molecular weight is 286 g/mol. The lowest BCUT2D eigenvalue weighted by atomic mass is 10.00. The normalized spacial score (nSPS) is 18.0. The van der Waals surface area contributed by atoms with Gasteiger partial charge in [0.15, 0.2) is 0 Å². The number of amides is 1. The summed E-state index contributed by atoms with van der Waals surface area (Å²) in [5, 5.41) is 9.43. The van der Waals surface area contributed by atoms with Gasteiger partial charge in [-0.1, -0.05) is 11.8 Å². The van der Waals surface area contributed by atoms with Gasteiger partial charge in [0.1, 0.15) is 0 Å². The third-order valence-electron chi connectivity index (χ3n) is 3.90. The highest BCUT2D eigenvalue weighted by molar-refractivity contribution is 5.95. The Labute approximate surface area is 125 Å². The number of benzene rings is 1. The van der Waals surface area contributed by atoms with Crippen molar-refractivity contribution in [3.63, 3.8) is 0 Å². The van der Waals surface area contributed by atoms with Gasteiger partial charge in [0.25, 0.3) is 5.91 Å². The van der Waals surface area contributed by atoms with Gasteiger partial charge in [0.2, 0.25) is 0 Å². The minimum absolute atomic E-state index is 0.00446. The highest BCUT2D eigenvalue weighted by atomic mass is 16.3. The Morgan fingerprint density at radius 3 is 2.95 bits per heavy atom. The second kappa shape index (κ2) is 7.26. The number of aryl methyl sites for hydroxylation is 1. The molecule has 0 radical (unpaired) electrons. The molecular weight excluding hydrogens is 264 g/mol. The van der Waals surface area contributed by atoms with Crippen molar-refractivity contribution in [3.05, 3.63) is 34.9 Å². The number of nitrogens with two attached hydrogens (primary N) is 1. The maximum absolute atomic E-state index is 12.6. The fraction of sp³-hybridized carbons (Fsp3) is 0.471. The number of hydrogen-bond acceptors (Lipinski definition) is 3. The molecule has 1 atom stereocenters. The van der Waals surface area contributed by atoms with Crippen molar-refractivity contribution in [2.45, 2.75) is 32.2 Å². The van der Waals surface area contributed by atoms with Crippen molar-refractivity contribution < 1.29 is 9.90 Å². The Balaban J connectivity index is 2.21. The minimum Gasteiger partial charge on any atom is -0.394 e. The summed E-state index contributed by atoms with van der Waals surface area (Å²) in [4.78, 5) is 14.4. The molecule has 0 bridgehead atoms. The van der Waals surface area contributed by atoms with E-state index in [1.54, 1.807) is 11.0 Å². The standard InChI is InChI=1S/C17H22N2O2/c1-13-11-15(8-7-14(13)5-4-9-18)17(21)19-10-3-2-6-16(19)12-20/h7-8,11,16,20H,2-3,6,9-10,12,18H2,1H3. The lowest BCUT2D eigenvalue weighted by Crippen LogP contribution is -2.45. The van der Waals surface area contributed by atoms with E-state index in [0.29, 0.717) is 12.1 Å². The largest absolute Gasteiger partial charge is 0.394 e. The summed E-state index contributed by atoms with van der Waals surface area (Å²) in [5.74, 6) is 5.82. The molecule has 1 saturated heterocycles. The van der Waals surface area contributed by atoms with Crippen molar-refractivity contribution in [3.8, 4) is 11.8 Å². The summed E-state index contributed by atoms with van der Waals surface area (Å²) in [5.41, 5.74) is 7.90. The zero-order chi connectivity index (χ0) is 15.2. The lowest BCUT2D eigenvalue weighted by molar-refractivity contribution is 0.0503. The third-order valence-corrected chi connectivity index (χ3v) is 3.90. The quantitative estimate of drug-likeness (QED) is 0.805. The molecule has 0 aliphatic carbocycles. The molecule has 2 rings (SSSR count). The van der Waals surface area contributed by atoms with Crippen LogP contribution in [0.15, 0.2) is 18.2 Å². The Hall–Kier alpha value is -1.83. The third kappa shape index (κ3) is 3.63. The first-order valence-electron chi connectivity index (χ1n) is 7.38. The molecule has 0 spiro atoms. The van der Waals surface area contributed by atoms with Crippen LogP contribution in [0, 0.1) is 18.8 Å². The van der Waals surface area contributed by atoms with Crippen LogP contribution in [0.25, 0.3) is 0 Å². The van der Waals surface area contributed by atoms with Gasteiger partial charge in [0.05, 0.1) is 19.2 Å². The van der Waals surface area contributed by atoms with E-state index in [2.05, 4.69) is 11.8 Å². The molecule has 0 saturated carbocycles. The molecule has 1 fully saturated rings. The second-order valence-electron chi connectivity index (χ2n) is 5.37. The average Bonchev–Trinajstić information content (AvgIpc) is 2.53. The Morgan fingerprint density at radius 1 is 1.48 bits per heavy atom. The van der Waals surface area contributed by atoms with Crippen LogP contribution in [0.2, 0.25) is 0 Å². The van der Waals surface area contributed by atoms with Crippen LogP contribution in [0.3, 0.4) is 0 Å². The maximum Gasteiger partial charge on any atom is 0.254 e. The van der Waals surface area contributed by atoms with E-state index in [1.165, 1.54) is 0 Å². The topological polar surface area (TPSA) is 66.6 Å². The summed E-state index contributed by atoms with van der Waals surface area (Å²) < 4.78 is 0. The van der Waals surface area contributed by atoms with Gasteiger partial charge in [-0.3, -0.25) is 4.79 Å². The molecule has 1 unspecified atom stereocenters. The lowest BCUT2D eigenvalue weighted by Gasteiger charge is -2.34. The molecule has 1 aliphatic heterocycles. The minimum atomic E-state index is -0.0525. The number of aliphatic hydroxyl groups excluding tert-OH is 1. The number of carbonyl (C=O) groups excluding carboxylic acids is 1. The first-order chi connectivity index (χ1) is 10.2. The predicted molar refractivity (Wildman–Crippen MR) is 82.9 cm³/mol. The zero-order valence-corrected chi connectivity index (χ0v) is 12.4. The van der Waals surface area contributed by atoms with Crippen LogP contribution in [-0.2, 0) is 0 Å². The number of rotatable bonds is 2. The van der Waals surface area contributed by atoms with Crippen molar-refractivity contribution in [1.82, 2.24) is 4.90 Å². The van der Waals surface area contributed by atoms with E-state index in [9.17, 15) is 9.90 Å². The second-order valence-corrected chi connectivity index (χ2v) is 5.37. The van der Waals surface area contributed by atoms with Crippen LogP contribution in [0.4, 0.5) is 0 Å². The molecule has 1 heterocycles. The van der Waals surface area contributed by atoms with Crippen LogP contribution in [0.5, 0.6) is 0 Å². The van der Waals surface area contributed by atoms with E-state index in [-0.39, 0.29) is 18.6 Å². The Kier molecular flexibility index (Phi) is 5.38. The van der Waals surface area contributed by atoms with Crippen molar-refractivity contribution in [1.29, 1.82) is 0 Å². The number of piperidine rings is 1. The van der Waals surface area contributed by atoms with E-state index in [4.69, 9.17) is 5.73 Å². The first-order valence-corrected chi connectivity index (χ1v) is 7.38. The number of hydrogen-bond donors (Lipinski definition) is 2. The number of likely N-dealkylation sites (tertiary alicyclic amines) is 1. The van der Waals surface area contributed by atoms with E-state index >= 15 is 0 Å². The fourth-order valence-electron chi connectivity index (χ4n) is 2.71. The Morgan fingerprint density at radius 2 is 2.29 bits per heavy atom. The van der Waals surface area contributed by atoms with Crippen LogP contribution in [-0.4, -0.2) is 41.7 Å². The molecule has 1 amide bonds. The summed E-state index contributed by atoms with van der Waals surface area (Å²) in [6.45, 7) is 3.02. The van der Waals surface area contributed by atoms with Crippen LogP contribution >= 0.6 is 0 Å². The number of carbonyl (C=O) groups is 1. The van der Waals surface area contributed by atoms with Gasteiger partial charge in [-0.05, 0) is 49.9 Å². The van der Waals surface area contributed by atoms with Crippen LogP contribution in [0.1, 0.15) is 40.7 Å². The van der Waals surface area contributed by atoms with Gasteiger partial charge in [-0.2, -0.15) is 0 Å². The maximum atomic E-state index is 12.6. The van der Waals surface area contributed by atoms with E-state index in [0.717, 1.165) is 36.9 Å². The van der Waals surface area contributed by atoms with Crippen molar-refractivity contribution in [2.24, 2.45) is 5.73 Å². The van der Waals surface area contributed by atoms with Gasteiger partial charge < -0.3 is 15.7 Å². The van der Waals surface area contributed by atoms with E-state index < -0.39 is 0 Å². The number of nitrogens with zero attached hydrogens (tertiary/aromatic N) is 1. The summed E-state index contributed by atoms with van der Waals surface area (Å²) in [6, 6.07) is 5.48. The first kappa shape index (κ1) is 15.6. The Bertz CT molecular complexity index is 572. The van der Waals surface area contributed by atoms with Crippen molar-refractivity contribution >= 4 is 5.91 Å². The molecule has 1 aromatic carbocycles. The van der Waals surface area contributed by atoms with Gasteiger partial charge >= 0.3 is 0 Å². The molecule has 3 N–H and O–H groups in total. The van der Waals surface area contributed by atoms with Crippen LogP contribution < -0.4 is 5.73 Å². The monoisotopic (exact) mass is 286 g/mol. The predicted octanol–water partition coefficient (Wildman–Crippen LogP) is 1.29. The molecule has 1 aliphatic rings. The van der Waals surface area contributed by atoms with E-state index in [1.807, 2.05) is 19.1 Å². The SMILES string of the molecule is Cc1cc(C(=O)N2CCCCC2CO)ccc1C#CCN. The fourth-order valence-corrected chi connectivity index (χ4v) is 2.71. The highest BCUT2D eigenvalue weighted by Crippen LogP contribution is 2.20. The van der Waals surface area contributed by atoms with Gasteiger partial charge in [-0.15, -0.1) is 0 Å². The summed E-state index contributed by atoms with van der Waals surface area (Å²) >= 11 is 0. The molecule has 4 nitrogen and oxygen atoms in total. The van der Waals surface area contributed by atoms with Gasteiger partial charge in [-0.25, -0.2) is 0 Å². The van der Waals surface area contributed by atoms with Crippen molar-refractivity contribution in [2.75, 3.05) is 19.7 Å². The highest BCUT2D eigenvalue weighted by Gasteiger charge is 2.26. The molecule has 1 aromatic rings. The zero-order valence-electron chi connectivity index (χ0n) is 12.4. The summed E-state index contributed by atoms with van der Waals surface area (Å²) in [7, 11) is 0. The van der Waals surface area contributed by atoms with Gasteiger partial charge in [0, 0.05) is 17.7 Å². The molecular formula is C17H22N2O2.